The standard InChI is InChI=1S/C17H23NO4S/c1-16(2)10-13-4-3-5-14(15(13)22-16)23(19,20)18-8-6-17(11-18)7-9-21-12-17/h3-5H,6-12H2,1-2H3/t17-/m1/s1. The van der Waals surface area contributed by atoms with Gasteiger partial charge in [-0.3, -0.25) is 0 Å². The van der Waals surface area contributed by atoms with Gasteiger partial charge in [0.15, 0.2) is 0 Å². The zero-order chi connectivity index (χ0) is 16.3. The van der Waals surface area contributed by atoms with Crippen molar-refractivity contribution in [3.05, 3.63) is 23.8 Å². The SMILES string of the molecule is CC1(C)Cc2cccc(S(=O)(=O)N3CC[C@@]4(CCOC4)C3)c2O1. The van der Waals surface area contributed by atoms with Gasteiger partial charge in [0.25, 0.3) is 0 Å². The molecule has 1 spiro atoms. The van der Waals surface area contributed by atoms with E-state index in [0.29, 0.717) is 30.3 Å². The average molecular weight is 337 g/mol. The van der Waals surface area contributed by atoms with E-state index in [2.05, 4.69) is 0 Å². The number of ether oxygens (including phenoxy) is 2. The predicted octanol–water partition coefficient (Wildman–Crippen LogP) is 2.20. The Kier molecular flexibility index (Phi) is 3.31. The lowest BCUT2D eigenvalue weighted by Gasteiger charge is -2.23. The first-order valence-corrected chi connectivity index (χ1v) is 9.64. The van der Waals surface area contributed by atoms with E-state index in [4.69, 9.17) is 9.47 Å². The maximum Gasteiger partial charge on any atom is 0.246 e. The molecule has 0 bridgehead atoms. The minimum absolute atomic E-state index is 0.0190. The van der Waals surface area contributed by atoms with Gasteiger partial charge in [-0.05, 0) is 38.3 Å². The van der Waals surface area contributed by atoms with E-state index in [1.165, 1.54) is 0 Å². The summed E-state index contributed by atoms with van der Waals surface area (Å²) in [5.74, 6) is 0.543. The Bertz CT molecular complexity index is 735. The number of nitrogens with zero attached hydrogens (tertiary/aromatic N) is 1. The molecule has 0 radical (unpaired) electrons. The van der Waals surface area contributed by atoms with Gasteiger partial charge in [0.2, 0.25) is 10.0 Å². The maximum absolute atomic E-state index is 13.2. The lowest BCUT2D eigenvalue weighted by molar-refractivity contribution is 0.134. The molecule has 3 aliphatic rings. The molecule has 0 N–H and O–H groups in total. The molecular formula is C17H23NO4S. The third-order valence-electron chi connectivity index (χ3n) is 5.26. The third kappa shape index (κ3) is 2.47. The molecule has 0 saturated carbocycles. The van der Waals surface area contributed by atoms with Gasteiger partial charge in [0.05, 0.1) is 6.61 Å². The second kappa shape index (κ2) is 4.94. The fourth-order valence-electron chi connectivity index (χ4n) is 4.00. The summed E-state index contributed by atoms with van der Waals surface area (Å²) in [6.07, 6.45) is 2.58. The van der Waals surface area contributed by atoms with Crippen molar-refractivity contribution in [3.63, 3.8) is 0 Å². The number of hydrogen-bond acceptors (Lipinski definition) is 4. The van der Waals surface area contributed by atoms with Gasteiger partial charge in [-0.15, -0.1) is 0 Å². The minimum Gasteiger partial charge on any atom is -0.486 e. The lowest BCUT2D eigenvalue weighted by Crippen LogP contribution is -2.33. The highest BCUT2D eigenvalue weighted by Crippen LogP contribution is 2.44. The molecule has 0 aliphatic carbocycles. The molecule has 3 heterocycles. The second-order valence-corrected chi connectivity index (χ2v) is 9.58. The van der Waals surface area contributed by atoms with E-state index >= 15 is 0 Å². The summed E-state index contributed by atoms with van der Waals surface area (Å²) in [7, 11) is -3.52. The van der Waals surface area contributed by atoms with Crippen molar-refractivity contribution in [2.45, 2.75) is 43.6 Å². The molecule has 0 unspecified atom stereocenters. The van der Waals surface area contributed by atoms with Crippen molar-refractivity contribution in [1.29, 1.82) is 0 Å². The maximum atomic E-state index is 13.2. The Balaban J connectivity index is 1.68. The third-order valence-corrected chi connectivity index (χ3v) is 7.13. The monoisotopic (exact) mass is 337 g/mol. The van der Waals surface area contributed by atoms with Crippen LogP contribution >= 0.6 is 0 Å². The van der Waals surface area contributed by atoms with E-state index in [0.717, 1.165) is 31.4 Å². The van der Waals surface area contributed by atoms with Crippen molar-refractivity contribution in [1.82, 2.24) is 4.31 Å². The summed E-state index contributed by atoms with van der Waals surface area (Å²) in [6.45, 7) is 6.52. The zero-order valence-electron chi connectivity index (χ0n) is 13.7. The molecule has 126 valence electrons. The van der Waals surface area contributed by atoms with Crippen LogP contribution in [0.4, 0.5) is 0 Å². The van der Waals surface area contributed by atoms with Crippen LogP contribution in [-0.4, -0.2) is 44.6 Å². The fourth-order valence-corrected chi connectivity index (χ4v) is 5.71. The molecule has 2 saturated heterocycles. The Morgan fingerprint density at radius 3 is 2.78 bits per heavy atom. The molecule has 0 aromatic heterocycles. The average Bonchev–Trinajstić information content (AvgIpc) is 3.17. The minimum atomic E-state index is -3.52. The quantitative estimate of drug-likeness (QED) is 0.830. The number of sulfonamides is 1. The second-order valence-electron chi connectivity index (χ2n) is 7.67. The fraction of sp³-hybridized carbons (Fsp3) is 0.647. The van der Waals surface area contributed by atoms with Crippen LogP contribution < -0.4 is 4.74 Å². The molecule has 1 aromatic carbocycles. The number of fused-ring (bicyclic) bond motifs is 1. The Hall–Kier alpha value is -1.11. The summed E-state index contributed by atoms with van der Waals surface area (Å²) in [5.41, 5.74) is 0.652. The van der Waals surface area contributed by atoms with Crippen LogP contribution in [0, 0.1) is 5.41 Å². The van der Waals surface area contributed by atoms with E-state index in [1.807, 2.05) is 26.0 Å². The summed E-state index contributed by atoms with van der Waals surface area (Å²) in [6, 6.07) is 5.45. The highest BCUT2D eigenvalue weighted by Gasteiger charge is 2.46. The predicted molar refractivity (Wildman–Crippen MR) is 86.1 cm³/mol. The van der Waals surface area contributed by atoms with Gasteiger partial charge < -0.3 is 9.47 Å². The smallest absolute Gasteiger partial charge is 0.246 e. The van der Waals surface area contributed by atoms with Crippen LogP contribution in [0.25, 0.3) is 0 Å². The van der Waals surface area contributed by atoms with Crippen molar-refractivity contribution in [2.75, 3.05) is 26.3 Å². The summed E-state index contributed by atoms with van der Waals surface area (Å²) in [4.78, 5) is 0.316. The largest absolute Gasteiger partial charge is 0.486 e. The molecule has 1 atom stereocenters. The molecule has 2 fully saturated rings. The highest BCUT2D eigenvalue weighted by molar-refractivity contribution is 7.89. The van der Waals surface area contributed by atoms with E-state index in [-0.39, 0.29) is 11.0 Å². The number of rotatable bonds is 2. The van der Waals surface area contributed by atoms with Gasteiger partial charge in [-0.1, -0.05) is 12.1 Å². The number of benzene rings is 1. The first kappa shape index (κ1) is 15.4. The van der Waals surface area contributed by atoms with Crippen LogP contribution in [0.1, 0.15) is 32.3 Å². The van der Waals surface area contributed by atoms with Crippen LogP contribution in [0.5, 0.6) is 5.75 Å². The first-order valence-electron chi connectivity index (χ1n) is 8.20. The molecule has 23 heavy (non-hydrogen) atoms. The Morgan fingerprint density at radius 1 is 1.22 bits per heavy atom. The summed E-state index contributed by atoms with van der Waals surface area (Å²) >= 11 is 0. The molecular weight excluding hydrogens is 314 g/mol. The first-order chi connectivity index (χ1) is 10.8. The van der Waals surface area contributed by atoms with E-state index < -0.39 is 10.0 Å². The Labute approximate surface area is 137 Å². The van der Waals surface area contributed by atoms with E-state index in [9.17, 15) is 8.42 Å². The van der Waals surface area contributed by atoms with Crippen molar-refractivity contribution in [2.24, 2.45) is 5.41 Å². The normalized spacial score (nSPS) is 29.8. The summed E-state index contributed by atoms with van der Waals surface area (Å²) < 4.78 is 39.4. The molecule has 5 nitrogen and oxygen atoms in total. The van der Waals surface area contributed by atoms with Gasteiger partial charge >= 0.3 is 0 Å². The molecule has 6 heteroatoms. The van der Waals surface area contributed by atoms with Crippen LogP contribution in [0.2, 0.25) is 0 Å². The highest BCUT2D eigenvalue weighted by atomic mass is 32.2. The van der Waals surface area contributed by atoms with Gasteiger partial charge in [-0.25, -0.2) is 8.42 Å². The van der Waals surface area contributed by atoms with Crippen LogP contribution in [0.3, 0.4) is 0 Å². The lowest BCUT2D eigenvalue weighted by atomic mass is 9.87. The van der Waals surface area contributed by atoms with Crippen molar-refractivity contribution in [3.8, 4) is 5.75 Å². The summed E-state index contributed by atoms with van der Waals surface area (Å²) in [5, 5.41) is 0. The van der Waals surface area contributed by atoms with Crippen LogP contribution in [-0.2, 0) is 21.2 Å². The molecule has 0 amide bonds. The van der Waals surface area contributed by atoms with Gasteiger partial charge in [0.1, 0.15) is 16.2 Å². The van der Waals surface area contributed by atoms with Crippen LogP contribution in [0.15, 0.2) is 23.1 Å². The Morgan fingerprint density at radius 2 is 2.04 bits per heavy atom. The van der Waals surface area contributed by atoms with Crippen molar-refractivity contribution >= 4 is 10.0 Å². The topological polar surface area (TPSA) is 55.8 Å². The molecule has 3 aliphatic heterocycles. The van der Waals surface area contributed by atoms with Gasteiger partial charge in [-0.2, -0.15) is 4.31 Å². The van der Waals surface area contributed by atoms with Crippen molar-refractivity contribution < 1.29 is 17.9 Å². The zero-order valence-corrected chi connectivity index (χ0v) is 14.5. The molecule has 4 rings (SSSR count). The van der Waals surface area contributed by atoms with Gasteiger partial charge in [0, 0.05) is 31.5 Å². The van der Waals surface area contributed by atoms with E-state index in [1.54, 1.807) is 10.4 Å². The number of para-hydroxylation sites is 1. The number of hydrogen-bond donors (Lipinski definition) is 0. The molecule has 1 aromatic rings.